The number of ether oxygens (including phenoxy) is 2. The Hall–Kier alpha value is -2.98. The van der Waals surface area contributed by atoms with Gasteiger partial charge in [0.1, 0.15) is 11.5 Å². The number of carboxylic acids is 1. The average Bonchev–Trinajstić information content (AvgIpc) is 3.09. The van der Waals surface area contributed by atoms with E-state index in [0.717, 1.165) is 30.8 Å². The molecule has 166 valence electrons. The Labute approximate surface area is 193 Å². The molecule has 32 heavy (non-hydrogen) atoms. The van der Waals surface area contributed by atoms with Crippen LogP contribution in [0.4, 0.5) is 0 Å². The Morgan fingerprint density at radius 1 is 0.812 bits per heavy atom. The molecule has 5 heteroatoms. The van der Waals surface area contributed by atoms with E-state index in [1.165, 1.54) is 22.3 Å². The number of fused-ring (bicyclic) bond motifs is 3. The van der Waals surface area contributed by atoms with E-state index in [1.807, 2.05) is 30.3 Å². The Bertz CT molecular complexity index is 1080. The normalized spacial score (nSPS) is 14.0. The zero-order valence-corrected chi connectivity index (χ0v) is 18.7. The van der Waals surface area contributed by atoms with Gasteiger partial charge in [-0.25, -0.2) is 0 Å². The number of unbranched alkanes of at least 4 members (excludes halogenated alkanes) is 1. The number of halogens is 1. The fraction of sp³-hybridized carbons (Fsp3) is 0.296. The van der Waals surface area contributed by atoms with E-state index in [-0.39, 0.29) is 12.3 Å². The van der Waals surface area contributed by atoms with E-state index in [2.05, 4.69) is 36.4 Å². The van der Waals surface area contributed by atoms with Gasteiger partial charge < -0.3 is 14.6 Å². The molecule has 0 spiro atoms. The standard InChI is InChI=1S/C27H27ClO4/c28-19-7-5-8-20(17-19)31-15-3-4-16-32-21-13-14-25-23-10-2-1-9-22(23)24(26(25)18-21)11-6-12-27(29)30/h1-2,5,7-10,13-14,17-18,24H,3-4,6,11-12,15-16H2,(H,29,30). The van der Waals surface area contributed by atoms with E-state index in [0.29, 0.717) is 24.7 Å². The molecule has 1 atom stereocenters. The third-order valence-electron chi connectivity index (χ3n) is 5.78. The smallest absolute Gasteiger partial charge is 0.303 e. The highest BCUT2D eigenvalue weighted by Gasteiger charge is 2.28. The number of rotatable bonds is 11. The predicted molar refractivity (Wildman–Crippen MR) is 127 cm³/mol. The molecule has 0 amide bonds. The summed E-state index contributed by atoms with van der Waals surface area (Å²) in [6, 6.07) is 22.1. The topological polar surface area (TPSA) is 55.8 Å². The monoisotopic (exact) mass is 450 g/mol. The summed E-state index contributed by atoms with van der Waals surface area (Å²) in [6.07, 6.45) is 3.45. The summed E-state index contributed by atoms with van der Waals surface area (Å²) in [7, 11) is 0. The van der Waals surface area contributed by atoms with Crippen LogP contribution in [0, 0.1) is 0 Å². The van der Waals surface area contributed by atoms with Crippen LogP contribution >= 0.6 is 11.6 Å². The number of aliphatic carboxylic acids is 1. The van der Waals surface area contributed by atoms with Gasteiger partial charge in [-0.3, -0.25) is 4.79 Å². The molecule has 0 aromatic heterocycles. The average molecular weight is 451 g/mol. The van der Waals surface area contributed by atoms with Gasteiger partial charge in [-0.1, -0.05) is 48.0 Å². The third kappa shape index (κ3) is 5.43. The molecule has 0 saturated carbocycles. The second-order valence-corrected chi connectivity index (χ2v) is 8.47. The molecule has 1 aliphatic carbocycles. The van der Waals surface area contributed by atoms with Crippen LogP contribution in [0.1, 0.15) is 49.1 Å². The highest BCUT2D eigenvalue weighted by molar-refractivity contribution is 6.30. The van der Waals surface area contributed by atoms with Gasteiger partial charge >= 0.3 is 5.97 Å². The van der Waals surface area contributed by atoms with Crippen molar-refractivity contribution in [2.24, 2.45) is 0 Å². The summed E-state index contributed by atoms with van der Waals surface area (Å²) in [5.74, 6) is 1.12. The largest absolute Gasteiger partial charge is 0.494 e. The molecule has 0 aliphatic heterocycles. The van der Waals surface area contributed by atoms with Crippen molar-refractivity contribution in [3.8, 4) is 22.6 Å². The van der Waals surface area contributed by atoms with Gasteiger partial charge in [0.15, 0.2) is 0 Å². The summed E-state index contributed by atoms with van der Waals surface area (Å²) >= 11 is 5.97. The van der Waals surface area contributed by atoms with Crippen molar-refractivity contribution < 1.29 is 19.4 Å². The van der Waals surface area contributed by atoms with Gasteiger partial charge in [-0.15, -0.1) is 0 Å². The SMILES string of the molecule is O=C(O)CCCC1c2ccccc2-c2ccc(OCCCCOc3cccc(Cl)c3)cc21. The van der Waals surface area contributed by atoms with Crippen LogP contribution in [0.3, 0.4) is 0 Å². The van der Waals surface area contributed by atoms with E-state index >= 15 is 0 Å². The van der Waals surface area contributed by atoms with Gasteiger partial charge in [-0.05, 0) is 78.3 Å². The molecule has 0 saturated heterocycles. The quantitative estimate of drug-likeness (QED) is 0.321. The fourth-order valence-electron chi connectivity index (χ4n) is 4.29. The summed E-state index contributed by atoms with van der Waals surface area (Å²) < 4.78 is 11.7. The minimum atomic E-state index is -0.743. The van der Waals surface area contributed by atoms with Crippen molar-refractivity contribution in [1.82, 2.24) is 0 Å². The Morgan fingerprint density at radius 2 is 1.53 bits per heavy atom. The number of carboxylic acid groups (broad SMARTS) is 1. The molecular weight excluding hydrogens is 424 g/mol. The molecule has 3 aromatic rings. The Kier molecular flexibility index (Phi) is 7.33. The molecule has 4 rings (SSSR count). The number of hydrogen-bond acceptors (Lipinski definition) is 3. The number of benzene rings is 3. The lowest BCUT2D eigenvalue weighted by atomic mass is 9.91. The van der Waals surface area contributed by atoms with Gasteiger partial charge in [-0.2, -0.15) is 0 Å². The third-order valence-corrected chi connectivity index (χ3v) is 6.02. The Balaban J connectivity index is 1.32. The predicted octanol–water partition coefficient (Wildman–Crippen LogP) is 6.95. The summed E-state index contributed by atoms with van der Waals surface area (Å²) in [5.41, 5.74) is 4.98. The first-order valence-corrected chi connectivity index (χ1v) is 11.5. The number of carbonyl (C=O) groups is 1. The maximum absolute atomic E-state index is 11.0. The van der Waals surface area contributed by atoms with Crippen molar-refractivity contribution in [1.29, 1.82) is 0 Å². The van der Waals surface area contributed by atoms with Crippen LogP contribution in [0.5, 0.6) is 11.5 Å². The van der Waals surface area contributed by atoms with Crippen LogP contribution in [-0.2, 0) is 4.79 Å². The van der Waals surface area contributed by atoms with E-state index in [1.54, 1.807) is 0 Å². The highest BCUT2D eigenvalue weighted by Crippen LogP contribution is 2.48. The van der Waals surface area contributed by atoms with Crippen molar-refractivity contribution in [2.75, 3.05) is 13.2 Å². The highest BCUT2D eigenvalue weighted by atomic mass is 35.5. The molecule has 1 aliphatic rings. The molecule has 0 radical (unpaired) electrons. The van der Waals surface area contributed by atoms with Crippen molar-refractivity contribution >= 4 is 17.6 Å². The second-order valence-electron chi connectivity index (χ2n) is 8.04. The van der Waals surface area contributed by atoms with Crippen molar-refractivity contribution in [3.63, 3.8) is 0 Å². The summed E-state index contributed by atoms with van der Waals surface area (Å²) in [4.78, 5) is 11.0. The molecule has 4 nitrogen and oxygen atoms in total. The molecular formula is C27H27ClO4. The minimum Gasteiger partial charge on any atom is -0.494 e. The van der Waals surface area contributed by atoms with E-state index in [4.69, 9.17) is 26.2 Å². The lowest BCUT2D eigenvalue weighted by Crippen LogP contribution is -2.03. The second kappa shape index (κ2) is 10.6. The van der Waals surface area contributed by atoms with Crippen LogP contribution < -0.4 is 9.47 Å². The first-order valence-electron chi connectivity index (χ1n) is 11.1. The molecule has 0 heterocycles. The lowest BCUT2D eigenvalue weighted by molar-refractivity contribution is -0.137. The van der Waals surface area contributed by atoms with Gasteiger partial charge in [0.2, 0.25) is 0 Å². The molecule has 3 aromatic carbocycles. The zero-order chi connectivity index (χ0) is 22.3. The first-order chi connectivity index (χ1) is 15.6. The summed E-state index contributed by atoms with van der Waals surface area (Å²) in [5, 5.41) is 9.69. The molecule has 0 bridgehead atoms. The van der Waals surface area contributed by atoms with Crippen LogP contribution in [-0.4, -0.2) is 24.3 Å². The van der Waals surface area contributed by atoms with Gasteiger partial charge in [0.05, 0.1) is 13.2 Å². The van der Waals surface area contributed by atoms with Crippen LogP contribution in [0.15, 0.2) is 66.7 Å². The maximum atomic E-state index is 11.0. The molecule has 0 fully saturated rings. The maximum Gasteiger partial charge on any atom is 0.303 e. The van der Waals surface area contributed by atoms with Crippen molar-refractivity contribution in [2.45, 2.75) is 38.0 Å². The van der Waals surface area contributed by atoms with Crippen LogP contribution in [0.2, 0.25) is 5.02 Å². The van der Waals surface area contributed by atoms with Gasteiger partial charge in [0, 0.05) is 17.4 Å². The lowest BCUT2D eigenvalue weighted by Gasteiger charge is -2.14. The minimum absolute atomic E-state index is 0.196. The molecule has 1 N–H and O–H groups in total. The Morgan fingerprint density at radius 3 is 2.28 bits per heavy atom. The van der Waals surface area contributed by atoms with Gasteiger partial charge in [0.25, 0.3) is 0 Å². The van der Waals surface area contributed by atoms with Crippen LogP contribution in [0.25, 0.3) is 11.1 Å². The summed E-state index contributed by atoms with van der Waals surface area (Å²) in [6.45, 7) is 1.24. The first kappa shape index (κ1) is 22.2. The van der Waals surface area contributed by atoms with E-state index < -0.39 is 5.97 Å². The van der Waals surface area contributed by atoms with Crippen molar-refractivity contribution in [3.05, 3.63) is 82.9 Å². The fourth-order valence-corrected chi connectivity index (χ4v) is 4.47. The zero-order valence-electron chi connectivity index (χ0n) is 17.9. The number of hydrogen-bond donors (Lipinski definition) is 1. The molecule has 1 unspecified atom stereocenters. The van der Waals surface area contributed by atoms with E-state index in [9.17, 15) is 4.79 Å².